The minimum Gasteiger partial charge on any atom is -0.354 e. The van der Waals surface area contributed by atoms with Crippen LogP contribution in [-0.4, -0.2) is 7.05 Å². The second-order valence-corrected chi connectivity index (χ2v) is 5.76. The third-order valence-corrected chi connectivity index (χ3v) is 4.28. The summed E-state index contributed by atoms with van der Waals surface area (Å²) in [5.74, 6) is 0. The molecule has 4 nitrogen and oxygen atoms in total. The van der Waals surface area contributed by atoms with Crippen LogP contribution in [0, 0.1) is 0 Å². The smallest absolute Gasteiger partial charge is 0.161 e. The van der Waals surface area contributed by atoms with Gasteiger partial charge in [-0.2, -0.15) is 10.2 Å². The second kappa shape index (κ2) is 5.81. The third-order valence-electron chi connectivity index (χ3n) is 4.28. The maximum Gasteiger partial charge on any atom is 0.161 e. The van der Waals surface area contributed by atoms with Gasteiger partial charge in [0.25, 0.3) is 0 Å². The Morgan fingerprint density at radius 2 is 1.29 bits per heavy atom. The molecule has 4 heteroatoms. The van der Waals surface area contributed by atoms with E-state index in [1.165, 1.54) is 0 Å². The van der Waals surface area contributed by atoms with Crippen LogP contribution in [0.1, 0.15) is 11.1 Å². The maximum absolute atomic E-state index is 4.13. The lowest BCUT2D eigenvalue weighted by Crippen LogP contribution is -2.39. The Morgan fingerprint density at radius 3 is 1.88 bits per heavy atom. The summed E-state index contributed by atoms with van der Waals surface area (Å²) >= 11 is 0. The highest BCUT2D eigenvalue weighted by Crippen LogP contribution is 2.44. The van der Waals surface area contributed by atoms with E-state index in [0.717, 1.165) is 28.2 Å². The van der Waals surface area contributed by atoms with E-state index in [1.54, 1.807) is 7.05 Å². The molecule has 0 saturated heterocycles. The zero-order valence-corrected chi connectivity index (χ0v) is 13.4. The Morgan fingerprint density at radius 1 is 0.708 bits per heavy atom. The zero-order chi connectivity index (χ0) is 16.4. The summed E-state index contributed by atoms with van der Waals surface area (Å²) in [6, 6.07) is 26.8. The molecule has 0 aromatic heterocycles. The highest BCUT2D eigenvalue weighted by molar-refractivity contribution is 5.81. The zero-order valence-electron chi connectivity index (χ0n) is 13.4. The molecule has 0 unspecified atom stereocenters. The summed E-state index contributed by atoms with van der Waals surface area (Å²) in [7, 11) is 1.68. The van der Waals surface area contributed by atoms with E-state index in [-0.39, 0.29) is 0 Å². The van der Waals surface area contributed by atoms with Crippen molar-refractivity contribution >= 4 is 17.1 Å². The number of fused-ring (bicyclic) bond motifs is 1. The first-order valence-corrected chi connectivity index (χ1v) is 7.93. The molecule has 118 valence electrons. The van der Waals surface area contributed by atoms with Crippen LogP contribution >= 0.6 is 0 Å². The molecule has 0 saturated carbocycles. The molecule has 0 bridgehead atoms. The van der Waals surface area contributed by atoms with Gasteiger partial charge in [-0.25, -0.2) is 0 Å². The molecule has 0 fully saturated rings. The van der Waals surface area contributed by atoms with Gasteiger partial charge >= 0.3 is 0 Å². The summed E-state index contributed by atoms with van der Waals surface area (Å²) < 4.78 is 0. The fourth-order valence-corrected chi connectivity index (χ4v) is 3.19. The molecule has 0 radical (unpaired) electrons. The van der Waals surface area contributed by atoms with Gasteiger partial charge in [0.2, 0.25) is 0 Å². The minimum absolute atomic E-state index is 0.493. The van der Waals surface area contributed by atoms with Crippen LogP contribution in [0.2, 0.25) is 0 Å². The molecule has 0 amide bonds. The van der Waals surface area contributed by atoms with Crippen LogP contribution in [0.15, 0.2) is 89.1 Å². The number of hydrogen-bond acceptors (Lipinski definition) is 4. The Hall–Kier alpha value is -3.14. The average molecular weight is 314 g/mol. The molecule has 4 rings (SSSR count). The standard InChI is InChI=1S/C20H18N4/c1-21-24-17-12-13-18-19(14-17)23-20(22-18,15-8-4-2-5-9-15)16-10-6-3-7-11-16/h2-14,22-23H,1H3. The fourth-order valence-electron chi connectivity index (χ4n) is 3.19. The molecule has 24 heavy (non-hydrogen) atoms. The largest absolute Gasteiger partial charge is 0.354 e. The van der Waals surface area contributed by atoms with Crippen molar-refractivity contribution in [1.82, 2.24) is 0 Å². The van der Waals surface area contributed by atoms with Gasteiger partial charge in [0, 0.05) is 18.2 Å². The number of hydrogen-bond donors (Lipinski definition) is 2. The van der Waals surface area contributed by atoms with Gasteiger partial charge in [0.05, 0.1) is 17.1 Å². The van der Waals surface area contributed by atoms with Gasteiger partial charge < -0.3 is 10.6 Å². The number of nitrogens with zero attached hydrogens (tertiary/aromatic N) is 2. The van der Waals surface area contributed by atoms with E-state index in [2.05, 4.69) is 69.4 Å². The Bertz CT molecular complexity index is 833. The molecule has 1 heterocycles. The highest BCUT2D eigenvalue weighted by atomic mass is 15.3. The van der Waals surface area contributed by atoms with Gasteiger partial charge in [-0.1, -0.05) is 60.7 Å². The summed E-state index contributed by atoms with van der Waals surface area (Å²) in [4.78, 5) is 0. The lowest BCUT2D eigenvalue weighted by molar-refractivity contribution is 0.704. The SMILES string of the molecule is CN=Nc1ccc2c(c1)NC(c1ccccc1)(c1ccccc1)N2. The molecule has 1 aliphatic rings. The van der Waals surface area contributed by atoms with Gasteiger partial charge in [-0.05, 0) is 18.2 Å². The number of anilines is 2. The molecular weight excluding hydrogens is 296 g/mol. The third kappa shape index (κ3) is 2.33. The van der Waals surface area contributed by atoms with Gasteiger partial charge in [0.1, 0.15) is 0 Å². The summed E-state index contributed by atoms with van der Waals surface area (Å²) in [5.41, 5.74) is 4.73. The molecule has 1 aliphatic heterocycles. The van der Waals surface area contributed by atoms with Crippen molar-refractivity contribution < 1.29 is 0 Å². The number of rotatable bonds is 3. The van der Waals surface area contributed by atoms with Crippen molar-refractivity contribution in [3.63, 3.8) is 0 Å². The van der Waals surface area contributed by atoms with E-state index in [0.29, 0.717) is 0 Å². The summed E-state index contributed by atoms with van der Waals surface area (Å²) in [5, 5.41) is 15.3. The Balaban J connectivity index is 1.85. The topological polar surface area (TPSA) is 48.8 Å². The molecule has 0 aliphatic carbocycles. The number of benzene rings is 3. The van der Waals surface area contributed by atoms with Crippen molar-refractivity contribution in [1.29, 1.82) is 0 Å². The molecule has 3 aromatic carbocycles. The van der Waals surface area contributed by atoms with E-state index >= 15 is 0 Å². The van der Waals surface area contributed by atoms with Crippen LogP contribution < -0.4 is 10.6 Å². The van der Waals surface area contributed by atoms with E-state index in [1.807, 2.05) is 30.3 Å². The second-order valence-electron chi connectivity index (χ2n) is 5.76. The maximum atomic E-state index is 4.13. The molecule has 3 aromatic rings. The van der Waals surface area contributed by atoms with Crippen LogP contribution in [0.3, 0.4) is 0 Å². The van der Waals surface area contributed by atoms with Crippen LogP contribution in [0.4, 0.5) is 17.1 Å². The first-order valence-electron chi connectivity index (χ1n) is 7.93. The quantitative estimate of drug-likeness (QED) is 0.658. The number of nitrogens with one attached hydrogen (secondary N) is 2. The van der Waals surface area contributed by atoms with Crippen molar-refractivity contribution in [2.24, 2.45) is 10.2 Å². The molecule has 0 atom stereocenters. The van der Waals surface area contributed by atoms with Crippen LogP contribution in [-0.2, 0) is 5.66 Å². The van der Waals surface area contributed by atoms with E-state index < -0.39 is 5.66 Å². The predicted molar refractivity (Wildman–Crippen MR) is 97.8 cm³/mol. The monoisotopic (exact) mass is 314 g/mol. The lowest BCUT2D eigenvalue weighted by Gasteiger charge is -2.32. The lowest BCUT2D eigenvalue weighted by atomic mass is 9.92. The van der Waals surface area contributed by atoms with Crippen molar-refractivity contribution in [2.45, 2.75) is 5.66 Å². The van der Waals surface area contributed by atoms with Gasteiger partial charge in [-0.3, -0.25) is 0 Å². The normalized spacial score (nSPS) is 14.9. The first kappa shape index (κ1) is 14.5. The minimum atomic E-state index is -0.493. The molecule has 0 spiro atoms. The van der Waals surface area contributed by atoms with Crippen LogP contribution in [0.25, 0.3) is 0 Å². The fraction of sp³-hybridized carbons (Fsp3) is 0.100. The Kier molecular flexibility index (Phi) is 3.50. The van der Waals surface area contributed by atoms with E-state index in [9.17, 15) is 0 Å². The van der Waals surface area contributed by atoms with Gasteiger partial charge in [0.15, 0.2) is 5.66 Å². The Labute approximate surface area is 141 Å². The van der Waals surface area contributed by atoms with E-state index in [4.69, 9.17) is 0 Å². The van der Waals surface area contributed by atoms with Crippen molar-refractivity contribution in [2.75, 3.05) is 17.7 Å². The average Bonchev–Trinajstić information content (AvgIpc) is 3.04. The number of azo groups is 1. The molecular formula is C20H18N4. The highest BCUT2D eigenvalue weighted by Gasteiger charge is 2.39. The first-order chi connectivity index (χ1) is 11.8. The van der Waals surface area contributed by atoms with Crippen molar-refractivity contribution in [3.05, 3.63) is 90.0 Å². The molecule has 2 N–H and O–H groups in total. The van der Waals surface area contributed by atoms with Crippen molar-refractivity contribution in [3.8, 4) is 0 Å². The predicted octanol–water partition coefficient (Wildman–Crippen LogP) is 5.14. The summed E-state index contributed by atoms with van der Waals surface area (Å²) in [6.45, 7) is 0. The summed E-state index contributed by atoms with van der Waals surface area (Å²) in [6.07, 6.45) is 0. The van der Waals surface area contributed by atoms with Gasteiger partial charge in [-0.15, -0.1) is 0 Å². The van der Waals surface area contributed by atoms with Crippen LogP contribution in [0.5, 0.6) is 0 Å².